The van der Waals surface area contributed by atoms with E-state index in [0.29, 0.717) is 6.54 Å². The van der Waals surface area contributed by atoms with Gasteiger partial charge in [-0.2, -0.15) is 0 Å². The van der Waals surface area contributed by atoms with Gasteiger partial charge in [-0.15, -0.1) is 0 Å². The molecule has 6 heteroatoms. The van der Waals surface area contributed by atoms with E-state index >= 15 is 0 Å². The summed E-state index contributed by atoms with van der Waals surface area (Å²) in [4.78, 5) is 7.05. The van der Waals surface area contributed by atoms with Crippen LogP contribution in [0.25, 0.3) is 0 Å². The van der Waals surface area contributed by atoms with Gasteiger partial charge in [0.25, 0.3) is 0 Å². The van der Waals surface area contributed by atoms with Crippen molar-refractivity contribution in [2.45, 2.75) is 33.1 Å². The molecule has 6 nitrogen and oxygen atoms in total. The van der Waals surface area contributed by atoms with E-state index in [-0.39, 0.29) is 0 Å². The number of nitrogens with zero attached hydrogens (tertiary/aromatic N) is 3. The number of rotatable bonds is 10. The second kappa shape index (κ2) is 11.1. The third kappa shape index (κ3) is 6.84. The van der Waals surface area contributed by atoms with Crippen LogP contribution in [0.2, 0.25) is 0 Å². The lowest BCUT2D eigenvalue weighted by Gasteiger charge is -2.18. The van der Waals surface area contributed by atoms with E-state index in [9.17, 15) is 0 Å². The highest BCUT2D eigenvalue weighted by molar-refractivity contribution is 5.79. The molecule has 29 heavy (non-hydrogen) atoms. The average Bonchev–Trinajstić information content (AvgIpc) is 3.41. The molecule has 154 valence electrons. The van der Waals surface area contributed by atoms with Crippen molar-refractivity contribution in [3.05, 3.63) is 84.1 Å². The summed E-state index contributed by atoms with van der Waals surface area (Å²) in [5.41, 5.74) is 2.52. The third-order valence-electron chi connectivity index (χ3n) is 4.64. The largest absolute Gasteiger partial charge is 0.468 e. The molecule has 1 aromatic carbocycles. The fraction of sp³-hybridized carbons (Fsp3) is 0.348. The fourth-order valence-electron chi connectivity index (χ4n) is 3.21. The van der Waals surface area contributed by atoms with Crippen molar-refractivity contribution >= 4 is 5.96 Å². The number of nitrogens with one attached hydrogen (secondary N) is 2. The van der Waals surface area contributed by atoms with Gasteiger partial charge in [0.1, 0.15) is 5.76 Å². The minimum Gasteiger partial charge on any atom is -0.468 e. The van der Waals surface area contributed by atoms with Gasteiger partial charge in [0.2, 0.25) is 0 Å². The zero-order valence-electron chi connectivity index (χ0n) is 17.3. The zero-order chi connectivity index (χ0) is 20.3. The van der Waals surface area contributed by atoms with Crippen molar-refractivity contribution < 1.29 is 4.42 Å². The highest BCUT2D eigenvalue weighted by Gasteiger charge is 2.08. The summed E-state index contributed by atoms with van der Waals surface area (Å²) in [6.45, 7) is 6.94. The molecule has 0 radical (unpaired) electrons. The number of guanidine groups is 1. The summed E-state index contributed by atoms with van der Waals surface area (Å²) >= 11 is 0. The lowest BCUT2D eigenvalue weighted by molar-refractivity contribution is 0.287. The van der Waals surface area contributed by atoms with E-state index in [1.54, 1.807) is 6.26 Å². The first kappa shape index (κ1) is 20.7. The summed E-state index contributed by atoms with van der Waals surface area (Å²) in [6, 6.07) is 16.5. The van der Waals surface area contributed by atoms with Crippen LogP contribution in [0, 0.1) is 0 Å². The molecule has 0 amide bonds. The van der Waals surface area contributed by atoms with Crippen molar-refractivity contribution in [3.63, 3.8) is 0 Å². The van der Waals surface area contributed by atoms with Crippen LogP contribution in [0.5, 0.6) is 0 Å². The molecule has 0 saturated heterocycles. The van der Waals surface area contributed by atoms with E-state index in [1.165, 1.54) is 11.1 Å². The number of benzene rings is 1. The Morgan fingerprint density at radius 2 is 1.79 bits per heavy atom. The van der Waals surface area contributed by atoms with Gasteiger partial charge in [-0.1, -0.05) is 24.3 Å². The smallest absolute Gasteiger partial charge is 0.191 e. The molecular weight excluding hydrogens is 362 g/mol. The van der Waals surface area contributed by atoms with Crippen LogP contribution in [0.3, 0.4) is 0 Å². The monoisotopic (exact) mass is 393 g/mol. The van der Waals surface area contributed by atoms with Gasteiger partial charge in [0.15, 0.2) is 5.96 Å². The number of furan rings is 1. The van der Waals surface area contributed by atoms with Gasteiger partial charge < -0.3 is 19.6 Å². The topological polar surface area (TPSA) is 57.7 Å². The van der Waals surface area contributed by atoms with Crippen molar-refractivity contribution in [1.82, 2.24) is 20.1 Å². The van der Waals surface area contributed by atoms with Crippen LogP contribution in [-0.4, -0.2) is 35.6 Å². The molecule has 0 bridgehead atoms. The Kier molecular flexibility index (Phi) is 7.95. The molecule has 0 unspecified atom stereocenters. The first-order chi connectivity index (χ1) is 14.2. The zero-order valence-corrected chi connectivity index (χ0v) is 17.3. The fourth-order valence-corrected chi connectivity index (χ4v) is 3.21. The number of hydrogen-bond donors (Lipinski definition) is 2. The van der Waals surface area contributed by atoms with Crippen molar-refractivity contribution in [2.75, 3.05) is 20.1 Å². The van der Waals surface area contributed by atoms with Crippen LogP contribution in [0.15, 0.2) is 76.6 Å². The van der Waals surface area contributed by atoms with Crippen LogP contribution < -0.4 is 10.6 Å². The Hall–Kier alpha value is -2.99. The molecule has 0 spiro atoms. The Morgan fingerprint density at radius 3 is 2.52 bits per heavy atom. The van der Waals surface area contributed by atoms with E-state index < -0.39 is 0 Å². The Labute approximate surface area is 173 Å². The highest BCUT2D eigenvalue weighted by atomic mass is 16.3. The summed E-state index contributed by atoms with van der Waals surface area (Å²) in [5.74, 6) is 1.82. The maximum atomic E-state index is 5.46. The third-order valence-corrected chi connectivity index (χ3v) is 4.64. The van der Waals surface area contributed by atoms with Crippen LogP contribution in [-0.2, 0) is 26.2 Å². The number of aromatic nitrogens is 1. The van der Waals surface area contributed by atoms with E-state index in [2.05, 4.69) is 70.7 Å². The van der Waals surface area contributed by atoms with E-state index in [4.69, 9.17) is 9.41 Å². The molecule has 3 rings (SSSR count). The minimum absolute atomic E-state index is 0.642. The maximum absolute atomic E-state index is 5.46. The van der Waals surface area contributed by atoms with Gasteiger partial charge in [-0.25, -0.2) is 4.99 Å². The summed E-state index contributed by atoms with van der Waals surface area (Å²) in [6.07, 6.45) is 5.86. The highest BCUT2D eigenvalue weighted by Crippen LogP contribution is 2.14. The quantitative estimate of drug-likeness (QED) is 0.409. The van der Waals surface area contributed by atoms with Crippen molar-refractivity contribution in [1.29, 1.82) is 0 Å². The predicted octanol–water partition coefficient (Wildman–Crippen LogP) is 3.47. The summed E-state index contributed by atoms with van der Waals surface area (Å²) in [7, 11) is 2.11. The first-order valence-corrected chi connectivity index (χ1v) is 10.1. The molecule has 2 aromatic heterocycles. The van der Waals surface area contributed by atoms with Gasteiger partial charge >= 0.3 is 0 Å². The summed E-state index contributed by atoms with van der Waals surface area (Å²) in [5, 5.41) is 6.74. The molecule has 0 aliphatic carbocycles. The second-order valence-corrected chi connectivity index (χ2v) is 7.06. The Morgan fingerprint density at radius 1 is 1.00 bits per heavy atom. The SMILES string of the molecule is CCNC(=NCc1ccccc1CN(C)Cc1ccco1)NCCn1cccc1. The molecule has 0 fully saturated rings. The van der Waals surface area contributed by atoms with Gasteiger partial charge in [-0.3, -0.25) is 4.90 Å². The van der Waals surface area contributed by atoms with Gasteiger partial charge in [-0.05, 0) is 49.4 Å². The van der Waals surface area contributed by atoms with E-state index in [0.717, 1.165) is 44.4 Å². The second-order valence-electron chi connectivity index (χ2n) is 7.06. The molecule has 2 N–H and O–H groups in total. The van der Waals surface area contributed by atoms with E-state index in [1.807, 2.05) is 24.3 Å². The maximum Gasteiger partial charge on any atom is 0.191 e. The molecule has 0 aliphatic heterocycles. The predicted molar refractivity (Wildman–Crippen MR) is 118 cm³/mol. The molecule has 2 heterocycles. The lowest BCUT2D eigenvalue weighted by Crippen LogP contribution is -2.38. The van der Waals surface area contributed by atoms with Crippen LogP contribution in [0.1, 0.15) is 23.8 Å². The molecule has 3 aromatic rings. The average molecular weight is 394 g/mol. The minimum atomic E-state index is 0.642. The molecule has 0 saturated carbocycles. The molecular formula is C23H31N5O. The van der Waals surface area contributed by atoms with Crippen molar-refractivity contribution in [2.24, 2.45) is 4.99 Å². The lowest BCUT2D eigenvalue weighted by atomic mass is 10.1. The molecule has 0 atom stereocenters. The first-order valence-electron chi connectivity index (χ1n) is 10.1. The standard InChI is InChI=1S/C23H31N5O/c1-3-24-23(25-12-15-28-13-6-7-14-28)26-17-20-9-4-5-10-21(20)18-27(2)19-22-11-8-16-29-22/h4-11,13-14,16H,3,12,15,17-19H2,1-2H3,(H2,24,25,26). The Bertz CT molecular complexity index is 855. The number of hydrogen-bond acceptors (Lipinski definition) is 3. The number of aliphatic imine (C=N–C) groups is 1. The Balaban J connectivity index is 1.58. The van der Waals surface area contributed by atoms with Crippen LogP contribution >= 0.6 is 0 Å². The van der Waals surface area contributed by atoms with Crippen molar-refractivity contribution in [3.8, 4) is 0 Å². The van der Waals surface area contributed by atoms with Crippen LogP contribution in [0.4, 0.5) is 0 Å². The summed E-state index contributed by atoms with van der Waals surface area (Å²) < 4.78 is 7.61. The van der Waals surface area contributed by atoms with Gasteiger partial charge in [0, 0.05) is 38.6 Å². The van der Waals surface area contributed by atoms with Gasteiger partial charge in [0.05, 0.1) is 19.4 Å². The normalized spacial score (nSPS) is 11.8. The molecule has 0 aliphatic rings.